The van der Waals surface area contributed by atoms with Crippen LogP contribution in [0.2, 0.25) is 0 Å². The van der Waals surface area contributed by atoms with E-state index >= 15 is 0 Å². The van der Waals surface area contributed by atoms with Gasteiger partial charge in [0.2, 0.25) is 0 Å². The van der Waals surface area contributed by atoms with E-state index in [-0.39, 0.29) is 5.56 Å². The molecule has 0 amide bonds. The molecule has 0 atom stereocenters. The molecular weight excluding hydrogens is 376 g/mol. The number of hydrogen-bond donors (Lipinski definition) is 0. The van der Waals surface area contributed by atoms with Crippen molar-refractivity contribution < 1.29 is 4.42 Å². The molecule has 27 heavy (non-hydrogen) atoms. The van der Waals surface area contributed by atoms with Crippen molar-refractivity contribution >= 4 is 34.4 Å². The maximum Gasteiger partial charge on any atom is 0.262 e. The average molecular weight is 395 g/mol. The summed E-state index contributed by atoms with van der Waals surface area (Å²) in [5.41, 5.74) is 1.88. The minimum absolute atomic E-state index is 0.0442. The van der Waals surface area contributed by atoms with E-state index in [9.17, 15) is 4.79 Å². The summed E-state index contributed by atoms with van der Waals surface area (Å²) >= 11 is 3.29. The zero-order valence-corrected chi connectivity index (χ0v) is 16.4. The third-order valence-corrected chi connectivity index (χ3v) is 6.04. The molecule has 2 aromatic carbocycles. The molecule has 0 N–H and O–H groups in total. The number of benzene rings is 2. The molecule has 4 aromatic rings. The van der Waals surface area contributed by atoms with E-state index in [1.807, 2.05) is 36.4 Å². The number of hydrogen-bond acceptors (Lipinski definition) is 5. The Morgan fingerprint density at radius 2 is 1.85 bits per heavy atom. The maximum absolute atomic E-state index is 13.0. The zero-order chi connectivity index (χ0) is 18.6. The van der Waals surface area contributed by atoms with Crippen LogP contribution in [-0.2, 0) is 12.3 Å². The van der Waals surface area contributed by atoms with Gasteiger partial charge in [-0.3, -0.25) is 9.36 Å². The van der Waals surface area contributed by atoms with Crippen molar-refractivity contribution in [1.29, 1.82) is 0 Å². The Morgan fingerprint density at radius 1 is 1.04 bits per heavy atom. The van der Waals surface area contributed by atoms with Gasteiger partial charge in [-0.1, -0.05) is 36.0 Å². The third-order valence-electron chi connectivity index (χ3n) is 4.25. The lowest BCUT2D eigenvalue weighted by Gasteiger charge is -2.12. The molecule has 0 fully saturated rings. The molecule has 0 unspecified atom stereocenters. The van der Waals surface area contributed by atoms with Crippen LogP contribution < -0.4 is 5.56 Å². The van der Waals surface area contributed by atoms with Crippen molar-refractivity contribution in [1.82, 2.24) is 9.55 Å². The average Bonchev–Trinajstić information content (AvgIpc) is 3.22. The van der Waals surface area contributed by atoms with Crippen LogP contribution in [0.25, 0.3) is 10.9 Å². The van der Waals surface area contributed by atoms with E-state index in [0.29, 0.717) is 17.1 Å². The Morgan fingerprint density at radius 3 is 2.59 bits per heavy atom. The van der Waals surface area contributed by atoms with Gasteiger partial charge in [0.1, 0.15) is 5.76 Å². The molecule has 0 aliphatic rings. The molecule has 0 radical (unpaired) electrons. The highest BCUT2D eigenvalue weighted by Crippen LogP contribution is 2.24. The van der Waals surface area contributed by atoms with Crippen LogP contribution in [0.15, 0.2) is 86.2 Å². The number of thioether (sulfide) groups is 2. The number of para-hydroxylation sites is 1. The van der Waals surface area contributed by atoms with Gasteiger partial charge < -0.3 is 4.42 Å². The van der Waals surface area contributed by atoms with Gasteiger partial charge in [-0.05, 0) is 48.2 Å². The van der Waals surface area contributed by atoms with Gasteiger partial charge in [-0.25, -0.2) is 4.98 Å². The molecule has 0 spiro atoms. The van der Waals surface area contributed by atoms with Gasteiger partial charge in [0.15, 0.2) is 5.16 Å². The van der Waals surface area contributed by atoms with Crippen LogP contribution in [0, 0.1) is 0 Å². The van der Waals surface area contributed by atoms with Crippen molar-refractivity contribution in [2.45, 2.75) is 22.3 Å². The zero-order valence-electron chi connectivity index (χ0n) is 14.8. The Kier molecular flexibility index (Phi) is 5.36. The van der Waals surface area contributed by atoms with Crippen LogP contribution in [0.3, 0.4) is 0 Å². The highest BCUT2D eigenvalue weighted by atomic mass is 32.2. The fourth-order valence-corrected chi connectivity index (χ4v) is 4.19. The van der Waals surface area contributed by atoms with Crippen LogP contribution in [0.1, 0.15) is 11.3 Å². The van der Waals surface area contributed by atoms with Crippen molar-refractivity contribution in [3.63, 3.8) is 0 Å². The van der Waals surface area contributed by atoms with Gasteiger partial charge in [-0.15, -0.1) is 11.8 Å². The molecule has 0 bridgehead atoms. The Bertz CT molecular complexity index is 1100. The van der Waals surface area contributed by atoms with E-state index in [1.165, 1.54) is 10.5 Å². The lowest BCUT2D eigenvalue weighted by Crippen LogP contribution is -2.23. The molecule has 4 nitrogen and oxygen atoms in total. The maximum atomic E-state index is 13.0. The van der Waals surface area contributed by atoms with Gasteiger partial charge in [-0.2, -0.15) is 0 Å². The summed E-state index contributed by atoms with van der Waals surface area (Å²) in [6.45, 7) is 0.372. The highest BCUT2D eigenvalue weighted by molar-refractivity contribution is 7.98. The van der Waals surface area contributed by atoms with Gasteiger partial charge in [0.05, 0.1) is 23.7 Å². The van der Waals surface area contributed by atoms with Gasteiger partial charge in [0.25, 0.3) is 5.56 Å². The predicted molar refractivity (Wildman–Crippen MR) is 112 cm³/mol. The number of aromatic nitrogens is 2. The first kappa shape index (κ1) is 17.9. The van der Waals surface area contributed by atoms with E-state index < -0.39 is 0 Å². The van der Waals surface area contributed by atoms with E-state index in [2.05, 4.69) is 30.5 Å². The predicted octanol–water partition coefficient (Wildman–Crippen LogP) is 5.05. The standard InChI is InChI=1S/C21H18N2O2S2/c1-26-17-10-8-15(9-11-17)14-27-21-22-19-7-3-2-6-18(19)20(24)23(21)13-16-5-4-12-25-16/h2-12H,13-14H2,1H3. The van der Waals surface area contributed by atoms with Crippen molar-refractivity contribution in [2.24, 2.45) is 0 Å². The molecule has 4 rings (SSSR count). The van der Waals surface area contributed by atoms with Crippen molar-refractivity contribution in [3.8, 4) is 0 Å². The molecule has 136 valence electrons. The monoisotopic (exact) mass is 394 g/mol. The van der Waals surface area contributed by atoms with Crippen LogP contribution in [-0.4, -0.2) is 15.8 Å². The summed E-state index contributed by atoms with van der Waals surface area (Å²) in [6, 6.07) is 19.6. The first-order valence-electron chi connectivity index (χ1n) is 8.52. The van der Waals surface area contributed by atoms with E-state index in [1.54, 1.807) is 34.4 Å². The molecule has 0 aliphatic carbocycles. The smallest absolute Gasteiger partial charge is 0.262 e. The van der Waals surface area contributed by atoms with Crippen LogP contribution >= 0.6 is 23.5 Å². The van der Waals surface area contributed by atoms with Crippen molar-refractivity contribution in [3.05, 3.63) is 88.6 Å². The lowest BCUT2D eigenvalue weighted by molar-refractivity contribution is 0.476. The highest BCUT2D eigenvalue weighted by Gasteiger charge is 2.13. The number of fused-ring (bicyclic) bond motifs is 1. The molecule has 6 heteroatoms. The topological polar surface area (TPSA) is 48.0 Å². The van der Waals surface area contributed by atoms with E-state index in [4.69, 9.17) is 9.40 Å². The summed E-state index contributed by atoms with van der Waals surface area (Å²) in [5, 5.41) is 1.32. The molecule has 0 aliphatic heterocycles. The number of rotatable bonds is 6. The number of furan rings is 1. The van der Waals surface area contributed by atoms with Crippen molar-refractivity contribution in [2.75, 3.05) is 6.26 Å². The fraction of sp³-hybridized carbons (Fsp3) is 0.143. The minimum atomic E-state index is -0.0442. The minimum Gasteiger partial charge on any atom is -0.467 e. The van der Waals surface area contributed by atoms with E-state index in [0.717, 1.165) is 17.0 Å². The Labute approximate surface area is 165 Å². The Hall–Kier alpha value is -2.44. The van der Waals surface area contributed by atoms with Crippen LogP contribution in [0.5, 0.6) is 0 Å². The first-order valence-corrected chi connectivity index (χ1v) is 10.7. The lowest BCUT2D eigenvalue weighted by atomic mass is 10.2. The third kappa shape index (κ3) is 3.96. The second-order valence-corrected chi connectivity index (χ2v) is 7.84. The second kappa shape index (κ2) is 8.06. The largest absolute Gasteiger partial charge is 0.467 e. The SMILES string of the molecule is CSc1ccc(CSc2nc3ccccc3c(=O)n2Cc2ccco2)cc1. The summed E-state index contributed by atoms with van der Waals surface area (Å²) in [6.07, 6.45) is 3.69. The summed E-state index contributed by atoms with van der Waals surface area (Å²) in [7, 11) is 0. The summed E-state index contributed by atoms with van der Waals surface area (Å²) < 4.78 is 7.15. The first-order chi connectivity index (χ1) is 13.2. The molecular formula is C21H18N2O2S2. The second-order valence-electron chi connectivity index (χ2n) is 6.02. The molecule has 0 saturated carbocycles. The van der Waals surface area contributed by atoms with Gasteiger partial charge in [0, 0.05) is 10.6 Å². The molecule has 2 aromatic heterocycles. The normalized spacial score (nSPS) is 11.1. The van der Waals surface area contributed by atoms with Gasteiger partial charge >= 0.3 is 0 Å². The fourth-order valence-electron chi connectivity index (χ4n) is 2.83. The van der Waals surface area contributed by atoms with Crippen LogP contribution in [0.4, 0.5) is 0 Å². The Balaban J connectivity index is 1.69. The summed E-state index contributed by atoms with van der Waals surface area (Å²) in [4.78, 5) is 19.0. The molecule has 2 heterocycles. The summed E-state index contributed by atoms with van der Waals surface area (Å²) in [5.74, 6) is 1.48. The quantitative estimate of drug-likeness (QED) is 0.338. The number of nitrogens with zero attached hydrogens (tertiary/aromatic N) is 2. The molecule has 0 saturated heterocycles.